The molecule has 2 rings (SSSR count). The lowest BCUT2D eigenvalue weighted by atomic mass is 9.93. The molecular weight excluding hydrogens is 295 g/mol. The fourth-order valence-corrected chi connectivity index (χ4v) is 2.89. The van der Waals surface area contributed by atoms with E-state index in [-0.39, 0.29) is 5.82 Å². The molecule has 2 nitrogen and oxygen atoms in total. The third kappa shape index (κ3) is 3.77. The van der Waals surface area contributed by atoms with Crippen LogP contribution in [-0.4, -0.2) is 24.5 Å². The van der Waals surface area contributed by atoms with Crippen molar-refractivity contribution in [1.82, 2.24) is 4.90 Å². The standard InChI is InChI=1S/C14H20BrFN2/c15-13-2-1-12(14(16)9-13)10-18-7-4-11(3-6-17)5-8-18/h1-2,9,11H,3-8,10,17H2. The van der Waals surface area contributed by atoms with E-state index in [2.05, 4.69) is 20.8 Å². The van der Waals surface area contributed by atoms with E-state index in [9.17, 15) is 4.39 Å². The molecule has 1 heterocycles. The highest BCUT2D eigenvalue weighted by atomic mass is 79.9. The van der Waals surface area contributed by atoms with Gasteiger partial charge in [-0.2, -0.15) is 0 Å². The molecule has 0 bridgehead atoms. The maximum Gasteiger partial charge on any atom is 0.128 e. The lowest BCUT2D eigenvalue weighted by Crippen LogP contribution is -2.34. The van der Waals surface area contributed by atoms with Crippen LogP contribution in [0.1, 0.15) is 24.8 Å². The molecule has 4 heteroatoms. The van der Waals surface area contributed by atoms with Crippen LogP contribution in [0.5, 0.6) is 0 Å². The molecule has 1 aliphatic rings. The molecule has 1 fully saturated rings. The van der Waals surface area contributed by atoms with Crippen LogP contribution >= 0.6 is 15.9 Å². The fourth-order valence-electron chi connectivity index (χ4n) is 2.56. The molecule has 0 saturated carbocycles. The molecule has 0 atom stereocenters. The third-order valence-electron chi connectivity index (χ3n) is 3.69. The second-order valence-electron chi connectivity index (χ2n) is 5.03. The molecule has 1 saturated heterocycles. The van der Waals surface area contributed by atoms with Crippen LogP contribution < -0.4 is 5.73 Å². The van der Waals surface area contributed by atoms with Crippen molar-refractivity contribution in [2.24, 2.45) is 11.7 Å². The Morgan fingerprint density at radius 2 is 2.06 bits per heavy atom. The maximum absolute atomic E-state index is 13.7. The van der Waals surface area contributed by atoms with Crippen molar-refractivity contribution in [3.63, 3.8) is 0 Å². The van der Waals surface area contributed by atoms with Gasteiger partial charge in [-0.3, -0.25) is 4.90 Å². The molecule has 18 heavy (non-hydrogen) atoms. The van der Waals surface area contributed by atoms with Crippen molar-refractivity contribution in [2.75, 3.05) is 19.6 Å². The van der Waals surface area contributed by atoms with E-state index in [1.54, 1.807) is 0 Å². The average molecular weight is 315 g/mol. The van der Waals surface area contributed by atoms with Gasteiger partial charge in [0.2, 0.25) is 0 Å². The van der Waals surface area contributed by atoms with Gasteiger partial charge in [-0.05, 0) is 56.9 Å². The van der Waals surface area contributed by atoms with Crippen LogP contribution in [0.3, 0.4) is 0 Å². The normalized spacial score (nSPS) is 18.2. The highest BCUT2D eigenvalue weighted by Crippen LogP contribution is 2.23. The predicted octanol–water partition coefficient (Wildman–Crippen LogP) is 3.15. The number of benzene rings is 1. The van der Waals surface area contributed by atoms with E-state index in [1.165, 1.54) is 18.9 Å². The second kappa shape index (κ2) is 6.64. The topological polar surface area (TPSA) is 29.3 Å². The molecule has 2 N–H and O–H groups in total. The second-order valence-corrected chi connectivity index (χ2v) is 5.95. The van der Waals surface area contributed by atoms with Crippen molar-refractivity contribution in [1.29, 1.82) is 0 Å². The molecule has 0 spiro atoms. The molecular formula is C14H20BrFN2. The first kappa shape index (κ1) is 14.0. The molecule has 100 valence electrons. The number of piperidine rings is 1. The summed E-state index contributed by atoms with van der Waals surface area (Å²) in [5, 5.41) is 0. The van der Waals surface area contributed by atoms with Gasteiger partial charge in [-0.15, -0.1) is 0 Å². The zero-order chi connectivity index (χ0) is 13.0. The molecule has 1 aromatic rings. The first-order chi connectivity index (χ1) is 8.69. The Kier molecular flexibility index (Phi) is 5.15. The summed E-state index contributed by atoms with van der Waals surface area (Å²) in [4.78, 5) is 2.33. The van der Waals surface area contributed by atoms with Crippen LogP contribution in [0.15, 0.2) is 22.7 Å². The summed E-state index contributed by atoms with van der Waals surface area (Å²) in [6, 6.07) is 5.31. The number of nitrogens with zero attached hydrogens (tertiary/aromatic N) is 1. The Hall–Kier alpha value is -0.450. The monoisotopic (exact) mass is 314 g/mol. The van der Waals surface area contributed by atoms with Crippen LogP contribution in [0.4, 0.5) is 4.39 Å². The Labute approximate surface area is 116 Å². The van der Waals surface area contributed by atoms with Crippen molar-refractivity contribution >= 4 is 15.9 Å². The predicted molar refractivity (Wildman–Crippen MR) is 75.8 cm³/mol. The number of halogens is 2. The largest absolute Gasteiger partial charge is 0.330 e. The van der Waals surface area contributed by atoms with Crippen molar-refractivity contribution < 1.29 is 4.39 Å². The third-order valence-corrected chi connectivity index (χ3v) is 4.18. The number of likely N-dealkylation sites (tertiary alicyclic amines) is 1. The minimum atomic E-state index is -0.117. The van der Waals surface area contributed by atoms with Gasteiger partial charge in [0.1, 0.15) is 5.82 Å². The zero-order valence-corrected chi connectivity index (χ0v) is 12.1. The quantitative estimate of drug-likeness (QED) is 0.925. The molecule has 0 unspecified atom stereocenters. The van der Waals surface area contributed by atoms with Gasteiger partial charge < -0.3 is 5.73 Å². The van der Waals surface area contributed by atoms with Gasteiger partial charge >= 0.3 is 0 Å². The molecule has 0 amide bonds. The number of rotatable bonds is 4. The van der Waals surface area contributed by atoms with Gasteiger partial charge in [0, 0.05) is 16.6 Å². The summed E-state index contributed by atoms with van der Waals surface area (Å²) in [5.74, 6) is 0.648. The average Bonchev–Trinajstić information content (AvgIpc) is 2.35. The summed E-state index contributed by atoms with van der Waals surface area (Å²) in [5.41, 5.74) is 6.37. The van der Waals surface area contributed by atoms with Crippen molar-refractivity contribution in [3.05, 3.63) is 34.1 Å². The highest BCUT2D eigenvalue weighted by molar-refractivity contribution is 9.10. The summed E-state index contributed by atoms with van der Waals surface area (Å²) in [6.07, 6.45) is 3.51. The van der Waals surface area contributed by atoms with Crippen LogP contribution in [0, 0.1) is 11.7 Å². The van der Waals surface area contributed by atoms with E-state index < -0.39 is 0 Å². The molecule has 0 radical (unpaired) electrons. The van der Waals surface area contributed by atoms with Gasteiger partial charge in [0.05, 0.1) is 0 Å². The Bertz CT molecular complexity index is 389. The first-order valence-corrected chi connectivity index (χ1v) is 7.34. The van der Waals surface area contributed by atoms with E-state index in [1.807, 2.05) is 12.1 Å². The lowest BCUT2D eigenvalue weighted by molar-refractivity contribution is 0.172. The van der Waals surface area contributed by atoms with Gasteiger partial charge in [0.25, 0.3) is 0 Å². The first-order valence-electron chi connectivity index (χ1n) is 6.55. The summed E-state index contributed by atoms with van der Waals surface area (Å²) >= 11 is 3.28. The van der Waals surface area contributed by atoms with Gasteiger partial charge in [-0.25, -0.2) is 4.39 Å². The fraction of sp³-hybridized carbons (Fsp3) is 0.571. The minimum Gasteiger partial charge on any atom is -0.330 e. The Balaban J connectivity index is 1.87. The summed E-state index contributed by atoms with van der Waals surface area (Å²) in [6.45, 7) is 3.61. The maximum atomic E-state index is 13.7. The zero-order valence-electron chi connectivity index (χ0n) is 10.5. The lowest BCUT2D eigenvalue weighted by Gasteiger charge is -2.31. The summed E-state index contributed by atoms with van der Waals surface area (Å²) in [7, 11) is 0. The number of nitrogens with two attached hydrogens (primary N) is 1. The molecule has 1 aliphatic heterocycles. The molecule has 0 aromatic heterocycles. The van der Waals surface area contributed by atoms with E-state index >= 15 is 0 Å². The van der Waals surface area contributed by atoms with Crippen molar-refractivity contribution in [3.8, 4) is 0 Å². The SMILES string of the molecule is NCCC1CCN(Cc2ccc(Br)cc2F)CC1. The summed E-state index contributed by atoms with van der Waals surface area (Å²) < 4.78 is 14.5. The molecule has 1 aromatic carbocycles. The van der Waals surface area contributed by atoms with Crippen LogP contribution in [0.25, 0.3) is 0 Å². The smallest absolute Gasteiger partial charge is 0.128 e. The van der Waals surface area contributed by atoms with Gasteiger partial charge in [0.15, 0.2) is 0 Å². The van der Waals surface area contributed by atoms with E-state index in [4.69, 9.17) is 5.73 Å². The minimum absolute atomic E-state index is 0.117. The van der Waals surface area contributed by atoms with Crippen LogP contribution in [0.2, 0.25) is 0 Å². The van der Waals surface area contributed by atoms with E-state index in [0.717, 1.165) is 42.0 Å². The number of hydrogen-bond acceptors (Lipinski definition) is 2. The van der Waals surface area contributed by atoms with Crippen LogP contribution in [-0.2, 0) is 6.54 Å². The van der Waals surface area contributed by atoms with Crippen molar-refractivity contribution in [2.45, 2.75) is 25.8 Å². The molecule has 0 aliphatic carbocycles. The van der Waals surface area contributed by atoms with Gasteiger partial charge in [-0.1, -0.05) is 22.0 Å². The highest BCUT2D eigenvalue weighted by Gasteiger charge is 2.19. The Morgan fingerprint density at radius 3 is 2.67 bits per heavy atom. The Morgan fingerprint density at radius 1 is 1.33 bits per heavy atom. The van der Waals surface area contributed by atoms with E-state index in [0.29, 0.717) is 6.54 Å². The number of hydrogen-bond donors (Lipinski definition) is 1.